The van der Waals surface area contributed by atoms with Gasteiger partial charge in [0.2, 0.25) is 0 Å². The molecule has 0 saturated carbocycles. The molecular weight excluding hydrogens is 193 g/mol. The van der Waals surface area contributed by atoms with Crippen LogP contribution in [0.4, 0.5) is 4.39 Å². The zero-order chi connectivity index (χ0) is 10.0. The summed E-state index contributed by atoms with van der Waals surface area (Å²) in [5.74, 6) is -0.518. The van der Waals surface area contributed by atoms with Crippen molar-refractivity contribution in [1.29, 1.82) is 0 Å². The smallest absolute Gasteiger partial charge is 0.142 e. The zero-order valence-electron chi connectivity index (χ0n) is 7.17. The lowest BCUT2D eigenvalue weighted by Gasteiger charge is -2.14. The topological polar surface area (TPSA) is 46.2 Å². The number of nitrogens with two attached hydrogens (primary N) is 1. The highest BCUT2D eigenvalue weighted by Gasteiger charge is 2.13. The van der Waals surface area contributed by atoms with E-state index in [1.165, 1.54) is 12.1 Å². The SMILES string of the molecule is CC(O)[C@H](N)c1ccc(Cl)c(F)c1. The van der Waals surface area contributed by atoms with E-state index >= 15 is 0 Å². The van der Waals surface area contributed by atoms with Gasteiger partial charge >= 0.3 is 0 Å². The lowest BCUT2D eigenvalue weighted by molar-refractivity contribution is 0.164. The van der Waals surface area contributed by atoms with Gasteiger partial charge in [-0.3, -0.25) is 0 Å². The van der Waals surface area contributed by atoms with Gasteiger partial charge in [-0.1, -0.05) is 17.7 Å². The normalized spacial score (nSPS) is 15.5. The van der Waals surface area contributed by atoms with Gasteiger partial charge in [-0.15, -0.1) is 0 Å². The Morgan fingerprint density at radius 2 is 2.15 bits per heavy atom. The Morgan fingerprint density at radius 3 is 2.62 bits per heavy atom. The lowest BCUT2D eigenvalue weighted by atomic mass is 10.0. The van der Waals surface area contributed by atoms with E-state index in [2.05, 4.69) is 0 Å². The van der Waals surface area contributed by atoms with Crippen LogP contribution in [0.25, 0.3) is 0 Å². The molecular formula is C9H11ClFNO. The van der Waals surface area contributed by atoms with Crippen molar-refractivity contribution in [2.75, 3.05) is 0 Å². The molecule has 2 nitrogen and oxygen atoms in total. The second kappa shape index (κ2) is 4.05. The van der Waals surface area contributed by atoms with Crippen LogP contribution in [0, 0.1) is 5.82 Å². The van der Waals surface area contributed by atoms with Crippen molar-refractivity contribution >= 4 is 11.6 Å². The van der Waals surface area contributed by atoms with Crippen LogP contribution in [0.15, 0.2) is 18.2 Å². The van der Waals surface area contributed by atoms with Gasteiger partial charge in [-0.05, 0) is 24.6 Å². The average molecular weight is 204 g/mol. The third kappa shape index (κ3) is 2.40. The van der Waals surface area contributed by atoms with E-state index in [0.717, 1.165) is 0 Å². The van der Waals surface area contributed by atoms with Gasteiger partial charge in [0.25, 0.3) is 0 Å². The van der Waals surface area contributed by atoms with Crippen molar-refractivity contribution in [2.24, 2.45) is 5.73 Å². The van der Waals surface area contributed by atoms with Crippen LogP contribution in [0.2, 0.25) is 5.02 Å². The molecule has 0 heterocycles. The van der Waals surface area contributed by atoms with E-state index in [1.54, 1.807) is 13.0 Å². The Kier molecular flexibility index (Phi) is 3.25. The molecule has 0 saturated heterocycles. The molecule has 0 spiro atoms. The standard InChI is InChI=1S/C9H11ClFNO/c1-5(13)9(12)6-2-3-7(10)8(11)4-6/h2-5,9,13H,12H2,1H3/t5?,9-/m0/s1. The summed E-state index contributed by atoms with van der Waals surface area (Å²) in [6.07, 6.45) is -0.708. The zero-order valence-corrected chi connectivity index (χ0v) is 7.92. The summed E-state index contributed by atoms with van der Waals surface area (Å²) in [7, 11) is 0. The molecule has 0 fully saturated rings. The molecule has 0 aromatic heterocycles. The molecule has 1 aromatic carbocycles. The number of aliphatic hydroxyl groups is 1. The fourth-order valence-corrected chi connectivity index (χ4v) is 1.12. The van der Waals surface area contributed by atoms with Gasteiger partial charge in [0.1, 0.15) is 5.82 Å². The van der Waals surface area contributed by atoms with Crippen LogP contribution in [0.3, 0.4) is 0 Å². The van der Waals surface area contributed by atoms with Crippen LogP contribution < -0.4 is 5.73 Å². The maximum atomic E-state index is 12.9. The molecule has 0 radical (unpaired) electrons. The Bertz CT molecular complexity index is 304. The Labute approximate surface area is 81.1 Å². The van der Waals surface area contributed by atoms with E-state index in [-0.39, 0.29) is 5.02 Å². The van der Waals surface area contributed by atoms with Crippen LogP contribution in [0.1, 0.15) is 18.5 Å². The maximum absolute atomic E-state index is 12.9. The van der Waals surface area contributed by atoms with Crippen molar-refractivity contribution < 1.29 is 9.50 Å². The van der Waals surface area contributed by atoms with E-state index in [1.807, 2.05) is 0 Å². The number of rotatable bonds is 2. The van der Waals surface area contributed by atoms with Gasteiger partial charge in [0.15, 0.2) is 0 Å². The molecule has 1 unspecified atom stereocenters. The number of benzene rings is 1. The summed E-state index contributed by atoms with van der Waals surface area (Å²) in [5.41, 5.74) is 6.14. The van der Waals surface area contributed by atoms with Gasteiger partial charge < -0.3 is 10.8 Å². The largest absolute Gasteiger partial charge is 0.391 e. The van der Waals surface area contributed by atoms with Crippen LogP contribution in [0.5, 0.6) is 0 Å². The molecule has 3 N–H and O–H groups in total. The highest BCUT2D eigenvalue weighted by molar-refractivity contribution is 6.30. The molecule has 0 amide bonds. The third-order valence-corrected chi connectivity index (χ3v) is 2.15. The Balaban J connectivity index is 2.97. The summed E-state index contributed by atoms with van der Waals surface area (Å²) >= 11 is 5.49. The van der Waals surface area contributed by atoms with Crippen molar-refractivity contribution in [3.8, 4) is 0 Å². The molecule has 0 aliphatic carbocycles. The molecule has 1 aromatic rings. The molecule has 0 aliphatic heterocycles. The molecule has 0 bridgehead atoms. The number of halogens is 2. The third-order valence-electron chi connectivity index (χ3n) is 1.85. The van der Waals surface area contributed by atoms with E-state index in [4.69, 9.17) is 22.4 Å². The molecule has 0 aliphatic rings. The van der Waals surface area contributed by atoms with Crippen molar-refractivity contribution in [1.82, 2.24) is 0 Å². The highest BCUT2D eigenvalue weighted by Crippen LogP contribution is 2.20. The molecule has 1 rings (SSSR count). The molecule has 72 valence electrons. The fourth-order valence-electron chi connectivity index (χ4n) is 0.998. The van der Waals surface area contributed by atoms with E-state index in [0.29, 0.717) is 5.56 Å². The number of hydrogen-bond acceptors (Lipinski definition) is 2. The summed E-state index contributed by atoms with van der Waals surface area (Å²) in [4.78, 5) is 0. The second-order valence-electron chi connectivity index (χ2n) is 2.94. The van der Waals surface area contributed by atoms with E-state index in [9.17, 15) is 4.39 Å². The number of aliphatic hydroxyl groups excluding tert-OH is 1. The van der Waals surface area contributed by atoms with Gasteiger partial charge in [0.05, 0.1) is 17.2 Å². The summed E-state index contributed by atoms with van der Waals surface area (Å²) in [5, 5.41) is 9.21. The Hall–Kier alpha value is -0.640. The van der Waals surface area contributed by atoms with Crippen molar-refractivity contribution in [3.63, 3.8) is 0 Å². The first-order valence-electron chi connectivity index (χ1n) is 3.91. The highest BCUT2D eigenvalue weighted by atomic mass is 35.5. The van der Waals surface area contributed by atoms with Crippen LogP contribution in [-0.4, -0.2) is 11.2 Å². The minimum atomic E-state index is -0.708. The Morgan fingerprint density at radius 1 is 1.54 bits per heavy atom. The fraction of sp³-hybridized carbons (Fsp3) is 0.333. The number of hydrogen-bond donors (Lipinski definition) is 2. The summed E-state index contributed by atoms with van der Waals surface area (Å²) in [6.45, 7) is 1.55. The van der Waals surface area contributed by atoms with Crippen molar-refractivity contribution in [3.05, 3.63) is 34.6 Å². The quantitative estimate of drug-likeness (QED) is 0.771. The maximum Gasteiger partial charge on any atom is 0.142 e. The summed E-state index contributed by atoms with van der Waals surface area (Å²) < 4.78 is 12.9. The molecule has 13 heavy (non-hydrogen) atoms. The minimum Gasteiger partial charge on any atom is -0.391 e. The second-order valence-corrected chi connectivity index (χ2v) is 3.35. The van der Waals surface area contributed by atoms with E-state index < -0.39 is 18.0 Å². The predicted octanol–water partition coefficient (Wildman–Crippen LogP) is 1.86. The first-order valence-corrected chi connectivity index (χ1v) is 4.28. The van der Waals surface area contributed by atoms with Crippen LogP contribution >= 0.6 is 11.6 Å². The van der Waals surface area contributed by atoms with Gasteiger partial charge in [-0.2, -0.15) is 0 Å². The minimum absolute atomic E-state index is 0.0570. The lowest BCUT2D eigenvalue weighted by Crippen LogP contribution is -2.23. The monoisotopic (exact) mass is 203 g/mol. The van der Waals surface area contributed by atoms with Crippen LogP contribution in [-0.2, 0) is 0 Å². The summed E-state index contributed by atoms with van der Waals surface area (Å²) in [6, 6.07) is 3.68. The molecule has 2 atom stereocenters. The van der Waals surface area contributed by atoms with Crippen molar-refractivity contribution in [2.45, 2.75) is 19.1 Å². The van der Waals surface area contributed by atoms with Gasteiger partial charge in [-0.25, -0.2) is 4.39 Å². The van der Waals surface area contributed by atoms with Gasteiger partial charge in [0, 0.05) is 0 Å². The first-order chi connectivity index (χ1) is 6.02. The predicted molar refractivity (Wildman–Crippen MR) is 50.0 cm³/mol. The molecule has 4 heteroatoms. The average Bonchev–Trinajstić information content (AvgIpc) is 2.08. The first kappa shape index (κ1) is 10.4.